The fraction of sp³-hybridized carbons (Fsp3) is 0.0714. The molecule has 1 amide bonds. The molecule has 0 atom stereocenters. The number of anilines is 1. The van der Waals surface area contributed by atoms with Gasteiger partial charge in [0.25, 0.3) is 5.91 Å². The zero-order valence-corrected chi connectivity index (χ0v) is 10.4. The summed E-state index contributed by atoms with van der Waals surface area (Å²) in [4.78, 5) is 15.2. The van der Waals surface area contributed by atoms with Crippen molar-refractivity contribution in [2.45, 2.75) is 4.90 Å². The van der Waals surface area contributed by atoms with Gasteiger partial charge in [0.15, 0.2) is 0 Å². The molecule has 3 nitrogen and oxygen atoms in total. The smallest absolute Gasteiger partial charge is 0.259 e. The largest absolute Gasteiger partial charge is 0.508 e. The number of rotatable bonds is 1. The summed E-state index contributed by atoms with van der Waals surface area (Å²) < 4.78 is 0. The first kappa shape index (κ1) is 11.2. The Balaban J connectivity index is 1.93. The van der Waals surface area contributed by atoms with Crippen molar-refractivity contribution in [2.75, 3.05) is 10.8 Å². The summed E-state index contributed by atoms with van der Waals surface area (Å²) >= 11 is 1.66. The summed E-state index contributed by atoms with van der Waals surface area (Å²) in [7, 11) is 0. The Kier molecular flexibility index (Phi) is 2.72. The highest BCUT2D eigenvalue weighted by Gasteiger charge is 2.25. The summed E-state index contributed by atoms with van der Waals surface area (Å²) in [5.41, 5.74) is 1.55. The molecular formula is C14H11NO2S. The molecule has 1 N–H and O–H groups in total. The van der Waals surface area contributed by atoms with Crippen molar-refractivity contribution in [2.24, 2.45) is 0 Å². The quantitative estimate of drug-likeness (QED) is 0.853. The Morgan fingerprint density at radius 1 is 1.11 bits per heavy atom. The molecule has 1 aliphatic rings. The topological polar surface area (TPSA) is 40.5 Å². The van der Waals surface area contributed by atoms with E-state index >= 15 is 0 Å². The number of aromatic hydroxyl groups is 1. The highest BCUT2D eigenvalue weighted by molar-refractivity contribution is 8.00. The van der Waals surface area contributed by atoms with E-state index in [9.17, 15) is 9.90 Å². The minimum Gasteiger partial charge on any atom is -0.508 e. The van der Waals surface area contributed by atoms with Crippen molar-refractivity contribution in [3.8, 4) is 5.75 Å². The van der Waals surface area contributed by atoms with Gasteiger partial charge in [-0.05, 0) is 36.4 Å². The molecule has 2 aromatic carbocycles. The maximum Gasteiger partial charge on any atom is 0.259 e. The summed E-state index contributed by atoms with van der Waals surface area (Å²) in [6.07, 6.45) is 0. The maximum atomic E-state index is 12.4. The van der Waals surface area contributed by atoms with Gasteiger partial charge in [0.2, 0.25) is 0 Å². The molecule has 1 heterocycles. The molecule has 18 heavy (non-hydrogen) atoms. The van der Waals surface area contributed by atoms with Crippen molar-refractivity contribution in [3.63, 3.8) is 0 Å². The molecule has 0 radical (unpaired) electrons. The first-order valence-corrected chi connectivity index (χ1v) is 6.57. The molecule has 2 aromatic rings. The van der Waals surface area contributed by atoms with Crippen LogP contribution in [-0.4, -0.2) is 16.9 Å². The predicted octanol–water partition coefficient (Wildman–Crippen LogP) is 3.10. The van der Waals surface area contributed by atoms with Crippen LogP contribution in [-0.2, 0) is 0 Å². The number of fused-ring (bicyclic) bond motifs is 1. The number of hydrogen-bond donors (Lipinski definition) is 1. The fourth-order valence-corrected chi connectivity index (χ4v) is 2.96. The van der Waals surface area contributed by atoms with E-state index in [1.165, 1.54) is 12.1 Å². The molecule has 0 aliphatic carbocycles. The highest BCUT2D eigenvalue weighted by atomic mass is 32.2. The van der Waals surface area contributed by atoms with E-state index in [0.29, 0.717) is 11.4 Å². The Hall–Kier alpha value is -1.94. The summed E-state index contributed by atoms with van der Waals surface area (Å²) in [6, 6.07) is 14.2. The molecule has 0 saturated carbocycles. The number of amides is 1. The Bertz CT molecular complexity index is 595. The normalized spacial score (nSPS) is 13.4. The van der Waals surface area contributed by atoms with Crippen LogP contribution in [0.2, 0.25) is 0 Å². The number of para-hydroxylation sites is 1. The van der Waals surface area contributed by atoms with Gasteiger partial charge in [0.1, 0.15) is 5.75 Å². The number of thioether (sulfide) groups is 1. The Morgan fingerprint density at radius 3 is 2.61 bits per heavy atom. The van der Waals surface area contributed by atoms with Crippen LogP contribution in [0.3, 0.4) is 0 Å². The average molecular weight is 257 g/mol. The average Bonchev–Trinajstić information content (AvgIpc) is 2.82. The summed E-state index contributed by atoms with van der Waals surface area (Å²) in [5.74, 6) is 0.772. The minimum atomic E-state index is -0.0348. The van der Waals surface area contributed by atoms with Crippen molar-refractivity contribution in [1.82, 2.24) is 0 Å². The molecule has 4 heteroatoms. The molecule has 0 unspecified atom stereocenters. The van der Waals surface area contributed by atoms with Gasteiger partial charge in [-0.3, -0.25) is 9.69 Å². The lowest BCUT2D eigenvalue weighted by Crippen LogP contribution is -2.27. The minimum absolute atomic E-state index is 0.0348. The van der Waals surface area contributed by atoms with Crippen LogP contribution in [0.5, 0.6) is 5.75 Å². The van der Waals surface area contributed by atoms with E-state index in [4.69, 9.17) is 0 Å². The lowest BCUT2D eigenvalue weighted by Gasteiger charge is -2.16. The van der Waals surface area contributed by atoms with Crippen LogP contribution in [0.15, 0.2) is 53.4 Å². The maximum absolute atomic E-state index is 12.4. The van der Waals surface area contributed by atoms with Crippen LogP contribution in [0, 0.1) is 0 Å². The Labute approximate surface area is 109 Å². The van der Waals surface area contributed by atoms with Crippen molar-refractivity contribution in [1.29, 1.82) is 0 Å². The Morgan fingerprint density at radius 2 is 1.83 bits per heavy atom. The van der Waals surface area contributed by atoms with E-state index < -0.39 is 0 Å². The van der Waals surface area contributed by atoms with Gasteiger partial charge in [0.05, 0.1) is 11.6 Å². The van der Waals surface area contributed by atoms with Gasteiger partial charge in [0, 0.05) is 10.5 Å². The fourth-order valence-electron chi connectivity index (χ4n) is 1.93. The molecule has 3 rings (SSSR count). The standard InChI is InChI=1S/C14H11NO2S/c16-11-7-5-10(6-8-11)14(17)15-9-18-13-4-2-1-3-12(13)15/h1-8,16H,9H2. The van der Waals surface area contributed by atoms with Gasteiger partial charge in [-0.1, -0.05) is 12.1 Å². The third-order valence-electron chi connectivity index (χ3n) is 2.86. The van der Waals surface area contributed by atoms with Crippen LogP contribution in [0.25, 0.3) is 0 Å². The van der Waals surface area contributed by atoms with E-state index in [-0.39, 0.29) is 11.7 Å². The second-order valence-electron chi connectivity index (χ2n) is 4.02. The van der Waals surface area contributed by atoms with Crippen LogP contribution >= 0.6 is 11.8 Å². The lowest BCUT2D eigenvalue weighted by atomic mass is 10.2. The van der Waals surface area contributed by atoms with Gasteiger partial charge in [-0.2, -0.15) is 0 Å². The molecule has 1 aliphatic heterocycles. The van der Waals surface area contributed by atoms with E-state index in [1.54, 1.807) is 28.8 Å². The molecule has 0 fully saturated rings. The SMILES string of the molecule is O=C(c1ccc(O)cc1)N1CSc2ccccc21. The number of phenolic OH excluding ortho intramolecular Hbond substituents is 1. The van der Waals surface area contributed by atoms with Gasteiger partial charge >= 0.3 is 0 Å². The van der Waals surface area contributed by atoms with Crippen LogP contribution in [0.1, 0.15) is 10.4 Å². The molecule has 0 spiro atoms. The van der Waals surface area contributed by atoms with Crippen molar-refractivity contribution in [3.05, 3.63) is 54.1 Å². The third-order valence-corrected chi connectivity index (χ3v) is 3.91. The molecule has 90 valence electrons. The van der Waals surface area contributed by atoms with Gasteiger partial charge < -0.3 is 5.11 Å². The number of phenols is 1. The first-order chi connectivity index (χ1) is 8.75. The van der Waals surface area contributed by atoms with E-state index in [0.717, 1.165) is 10.6 Å². The molecule has 0 saturated heterocycles. The number of nitrogens with zero attached hydrogens (tertiary/aromatic N) is 1. The third kappa shape index (κ3) is 1.84. The van der Waals surface area contributed by atoms with E-state index in [2.05, 4.69) is 0 Å². The second-order valence-corrected chi connectivity index (χ2v) is 5.01. The number of carbonyl (C=O) groups excluding carboxylic acids is 1. The monoisotopic (exact) mass is 257 g/mol. The van der Waals surface area contributed by atoms with E-state index in [1.807, 2.05) is 24.3 Å². The van der Waals surface area contributed by atoms with Gasteiger partial charge in [-0.15, -0.1) is 11.8 Å². The van der Waals surface area contributed by atoms with Crippen molar-refractivity contribution < 1.29 is 9.90 Å². The molecule has 0 aromatic heterocycles. The molecular weight excluding hydrogens is 246 g/mol. The summed E-state index contributed by atoms with van der Waals surface area (Å²) in [6.45, 7) is 0. The van der Waals surface area contributed by atoms with Crippen molar-refractivity contribution >= 4 is 23.4 Å². The number of hydrogen-bond acceptors (Lipinski definition) is 3. The predicted molar refractivity (Wildman–Crippen MR) is 72.1 cm³/mol. The number of carbonyl (C=O) groups is 1. The summed E-state index contributed by atoms with van der Waals surface area (Å²) in [5, 5.41) is 9.23. The first-order valence-electron chi connectivity index (χ1n) is 5.58. The zero-order valence-electron chi connectivity index (χ0n) is 9.54. The molecule has 0 bridgehead atoms. The lowest BCUT2D eigenvalue weighted by molar-refractivity contribution is 0.0992. The van der Waals surface area contributed by atoms with Crippen LogP contribution < -0.4 is 4.90 Å². The number of benzene rings is 2. The highest BCUT2D eigenvalue weighted by Crippen LogP contribution is 2.38. The van der Waals surface area contributed by atoms with Crippen LogP contribution in [0.4, 0.5) is 5.69 Å². The second kappa shape index (κ2) is 4.38. The zero-order chi connectivity index (χ0) is 12.5. The van der Waals surface area contributed by atoms with Gasteiger partial charge in [-0.25, -0.2) is 0 Å².